The van der Waals surface area contributed by atoms with Crippen molar-refractivity contribution in [1.82, 2.24) is 4.90 Å². The molecule has 106 valence electrons. The molecule has 5 nitrogen and oxygen atoms in total. The number of aliphatic carboxylic acids is 1. The van der Waals surface area contributed by atoms with E-state index in [-0.39, 0.29) is 19.1 Å². The highest BCUT2D eigenvalue weighted by molar-refractivity contribution is 5.78. The van der Waals surface area contributed by atoms with Crippen LogP contribution in [0.2, 0.25) is 0 Å². The van der Waals surface area contributed by atoms with Crippen LogP contribution in [0.3, 0.4) is 0 Å². The fourth-order valence-electron chi connectivity index (χ4n) is 3.34. The highest BCUT2D eigenvalue weighted by atomic mass is 16.6. The van der Waals surface area contributed by atoms with E-state index in [2.05, 4.69) is 6.58 Å². The Kier molecular flexibility index (Phi) is 4.12. The second-order valence-corrected chi connectivity index (χ2v) is 5.50. The van der Waals surface area contributed by atoms with Crippen LogP contribution in [0.4, 0.5) is 4.79 Å². The van der Waals surface area contributed by atoms with Crippen molar-refractivity contribution in [2.24, 2.45) is 11.3 Å². The summed E-state index contributed by atoms with van der Waals surface area (Å²) in [6, 6.07) is 0. The van der Waals surface area contributed by atoms with Gasteiger partial charge in [-0.2, -0.15) is 0 Å². The molecular formula is C14H21NO4. The third-order valence-electron chi connectivity index (χ3n) is 4.38. The largest absolute Gasteiger partial charge is 0.481 e. The number of nitrogens with zero attached hydrogens (tertiary/aromatic N) is 1. The predicted molar refractivity (Wildman–Crippen MR) is 69.8 cm³/mol. The second-order valence-electron chi connectivity index (χ2n) is 5.50. The maximum Gasteiger partial charge on any atom is 0.410 e. The number of carboxylic acid groups (broad SMARTS) is 1. The topological polar surface area (TPSA) is 66.8 Å². The van der Waals surface area contributed by atoms with E-state index in [0.717, 1.165) is 25.7 Å². The van der Waals surface area contributed by atoms with Gasteiger partial charge in [0.2, 0.25) is 0 Å². The molecule has 0 bridgehead atoms. The zero-order chi connectivity index (χ0) is 13.9. The summed E-state index contributed by atoms with van der Waals surface area (Å²) in [5.74, 6) is -0.706. The summed E-state index contributed by atoms with van der Waals surface area (Å²) >= 11 is 0. The molecule has 0 unspecified atom stereocenters. The van der Waals surface area contributed by atoms with Crippen molar-refractivity contribution in [2.45, 2.75) is 32.1 Å². The molecule has 2 rings (SSSR count). The van der Waals surface area contributed by atoms with Gasteiger partial charge in [0.05, 0.1) is 5.41 Å². The number of likely N-dealkylation sites (tertiary alicyclic amines) is 1. The Bertz CT molecular complexity index is 382. The molecule has 19 heavy (non-hydrogen) atoms. The Morgan fingerprint density at radius 1 is 1.42 bits per heavy atom. The number of carbonyl (C=O) groups excluding carboxylic acids is 1. The number of hydrogen-bond acceptors (Lipinski definition) is 3. The molecule has 0 radical (unpaired) electrons. The van der Waals surface area contributed by atoms with E-state index in [1.54, 1.807) is 4.90 Å². The first-order valence-electron chi connectivity index (χ1n) is 6.86. The van der Waals surface area contributed by atoms with E-state index >= 15 is 0 Å². The quantitative estimate of drug-likeness (QED) is 0.797. The van der Waals surface area contributed by atoms with E-state index < -0.39 is 17.5 Å². The van der Waals surface area contributed by atoms with E-state index in [0.29, 0.717) is 13.0 Å². The molecule has 2 fully saturated rings. The molecule has 2 atom stereocenters. The summed E-state index contributed by atoms with van der Waals surface area (Å²) in [4.78, 5) is 25.1. The highest BCUT2D eigenvalue weighted by Gasteiger charge is 2.53. The van der Waals surface area contributed by atoms with Crippen LogP contribution in [0.15, 0.2) is 12.7 Å². The Morgan fingerprint density at radius 2 is 2.21 bits per heavy atom. The number of ether oxygens (including phenoxy) is 1. The predicted octanol–water partition coefficient (Wildman–Crippen LogP) is 2.28. The van der Waals surface area contributed by atoms with Crippen molar-refractivity contribution in [3.05, 3.63) is 12.7 Å². The lowest BCUT2D eigenvalue weighted by molar-refractivity contribution is -0.150. The van der Waals surface area contributed by atoms with Gasteiger partial charge in [-0.15, -0.1) is 0 Å². The lowest BCUT2D eigenvalue weighted by atomic mass is 9.74. The summed E-state index contributed by atoms with van der Waals surface area (Å²) in [6.45, 7) is 4.45. The minimum atomic E-state index is -0.765. The first-order chi connectivity index (χ1) is 9.10. The molecule has 2 aliphatic rings. The van der Waals surface area contributed by atoms with Gasteiger partial charge in [-0.3, -0.25) is 4.79 Å². The van der Waals surface area contributed by atoms with Gasteiger partial charge >= 0.3 is 12.1 Å². The smallest absolute Gasteiger partial charge is 0.410 e. The fraction of sp³-hybridized carbons (Fsp3) is 0.714. The molecule has 1 heterocycles. The molecule has 1 N–H and O–H groups in total. The zero-order valence-electron chi connectivity index (χ0n) is 11.1. The number of fused-ring (bicyclic) bond motifs is 1. The standard InChI is InChI=1S/C14H21NO4/c1-2-8-19-13(18)15-9-11-6-4-3-5-7-14(11,10-15)12(16)17/h2,11H,1,3-10H2,(H,16,17)/t11-,14-/m1/s1. The minimum absolute atomic E-state index is 0.0591. The molecule has 1 aliphatic heterocycles. The van der Waals surface area contributed by atoms with Crippen molar-refractivity contribution in [2.75, 3.05) is 19.7 Å². The Hall–Kier alpha value is -1.52. The second kappa shape index (κ2) is 5.63. The van der Waals surface area contributed by atoms with Crippen LogP contribution >= 0.6 is 0 Å². The first-order valence-corrected chi connectivity index (χ1v) is 6.86. The average molecular weight is 267 g/mol. The highest BCUT2D eigenvalue weighted by Crippen LogP contribution is 2.45. The van der Waals surface area contributed by atoms with Gasteiger partial charge < -0.3 is 14.7 Å². The van der Waals surface area contributed by atoms with Gasteiger partial charge in [-0.25, -0.2) is 4.79 Å². The summed E-state index contributed by atoms with van der Waals surface area (Å²) in [5.41, 5.74) is -0.760. The third kappa shape index (κ3) is 2.60. The Morgan fingerprint density at radius 3 is 2.89 bits per heavy atom. The molecule has 1 amide bonds. The Labute approximate surface area is 113 Å². The van der Waals surface area contributed by atoms with Gasteiger partial charge in [0.15, 0.2) is 0 Å². The minimum Gasteiger partial charge on any atom is -0.481 e. The summed E-state index contributed by atoms with van der Waals surface area (Å²) in [6.07, 6.45) is 5.71. The van der Waals surface area contributed by atoms with Crippen LogP contribution in [-0.4, -0.2) is 41.8 Å². The number of amides is 1. The lowest BCUT2D eigenvalue weighted by Gasteiger charge is -2.27. The number of rotatable bonds is 3. The molecule has 1 aliphatic carbocycles. The van der Waals surface area contributed by atoms with E-state index in [9.17, 15) is 14.7 Å². The average Bonchev–Trinajstić information content (AvgIpc) is 2.65. The summed E-state index contributed by atoms with van der Waals surface area (Å²) < 4.78 is 5.01. The SMILES string of the molecule is C=CCOC(=O)N1C[C@H]2CCCCC[C@@]2(C(=O)O)C1. The number of carboxylic acids is 1. The van der Waals surface area contributed by atoms with Gasteiger partial charge in [-0.1, -0.05) is 31.9 Å². The van der Waals surface area contributed by atoms with E-state index in [1.807, 2.05) is 0 Å². The molecule has 5 heteroatoms. The van der Waals surface area contributed by atoms with Crippen molar-refractivity contribution < 1.29 is 19.4 Å². The maximum atomic E-state index is 11.9. The van der Waals surface area contributed by atoms with Crippen LogP contribution < -0.4 is 0 Å². The lowest BCUT2D eigenvalue weighted by Crippen LogP contribution is -2.39. The molecule has 0 aromatic heterocycles. The van der Waals surface area contributed by atoms with Crippen LogP contribution in [0.25, 0.3) is 0 Å². The molecule has 0 spiro atoms. The normalized spacial score (nSPS) is 30.3. The number of hydrogen-bond donors (Lipinski definition) is 1. The molecular weight excluding hydrogens is 246 g/mol. The van der Waals surface area contributed by atoms with Gasteiger partial charge in [0, 0.05) is 13.1 Å². The maximum absolute atomic E-state index is 11.9. The fourth-order valence-corrected chi connectivity index (χ4v) is 3.34. The van der Waals surface area contributed by atoms with Crippen molar-refractivity contribution >= 4 is 12.1 Å². The van der Waals surface area contributed by atoms with Gasteiger partial charge in [-0.05, 0) is 18.8 Å². The monoisotopic (exact) mass is 267 g/mol. The van der Waals surface area contributed by atoms with Crippen LogP contribution in [-0.2, 0) is 9.53 Å². The zero-order valence-corrected chi connectivity index (χ0v) is 11.1. The van der Waals surface area contributed by atoms with Gasteiger partial charge in [0.25, 0.3) is 0 Å². The van der Waals surface area contributed by atoms with Crippen molar-refractivity contribution in [3.8, 4) is 0 Å². The van der Waals surface area contributed by atoms with Crippen LogP contribution in [0, 0.1) is 11.3 Å². The van der Waals surface area contributed by atoms with Crippen LogP contribution in [0.1, 0.15) is 32.1 Å². The summed E-state index contributed by atoms with van der Waals surface area (Å²) in [5, 5.41) is 9.60. The van der Waals surface area contributed by atoms with Crippen molar-refractivity contribution in [1.29, 1.82) is 0 Å². The van der Waals surface area contributed by atoms with E-state index in [4.69, 9.17) is 4.74 Å². The van der Waals surface area contributed by atoms with E-state index in [1.165, 1.54) is 6.08 Å². The Balaban J connectivity index is 2.11. The van der Waals surface area contributed by atoms with Crippen LogP contribution in [0.5, 0.6) is 0 Å². The molecule has 0 aromatic rings. The third-order valence-corrected chi connectivity index (χ3v) is 4.38. The molecule has 1 saturated heterocycles. The first kappa shape index (κ1) is 13.9. The molecule has 0 aromatic carbocycles. The van der Waals surface area contributed by atoms with Crippen molar-refractivity contribution in [3.63, 3.8) is 0 Å². The summed E-state index contributed by atoms with van der Waals surface area (Å²) in [7, 11) is 0. The van der Waals surface area contributed by atoms with Gasteiger partial charge in [0.1, 0.15) is 6.61 Å². The number of carbonyl (C=O) groups is 2. The molecule has 1 saturated carbocycles.